The van der Waals surface area contributed by atoms with Crippen molar-refractivity contribution in [1.82, 2.24) is 24.9 Å². The number of aromatic nitrogens is 5. The van der Waals surface area contributed by atoms with E-state index in [0.29, 0.717) is 6.61 Å². The zero-order valence-electron chi connectivity index (χ0n) is 21.0. The van der Waals surface area contributed by atoms with Gasteiger partial charge in [0.2, 0.25) is 0 Å². The van der Waals surface area contributed by atoms with Crippen molar-refractivity contribution in [2.24, 2.45) is 0 Å². The molecule has 2 aliphatic heterocycles. The second-order valence-corrected chi connectivity index (χ2v) is 9.36. The molecule has 2 N–H and O–H groups in total. The number of nitrogens with zero attached hydrogens (tertiary/aromatic N) is 3. The predicted molar refractivity (Wildman–Crippen MR) is 150 cm³/mol. The smallest absolute Gasteiger partial charge is 0.0825 e. The highest BCUT2D eigenvalue weighted by Gasteiger charge is 2.27. The van der Waals surface area contributed by atoms with E-state index in [0.717, 1.165) is 74.5 Å². The fourth-order valence-electron chi connectivity index (χ4n) is 4.77. The van der Waals surface area contributed by atoms with Gasteiger partial charge in [-0.15, -0.1) is 0 Å². The van der Waals surface area contributed by atoms with Crippen molar-refractivity contribution in [3.05, 3.63) is 101 Å². The molecule has 4 aromatic heterocycles. The van der Waals surface area contributed by atoms with E-state index in [1.54, 1.807) is 0 Å². The molecule has 0 aliphatic carbocycles. The predicted octanol–water partition coefficient (Wildman–Crippen LogP) is 7.04. The Labute approximate surface area is 215 Å². The lowest BCUT2D eigenvalue weighted by molar-refractivity contribution is 0.101. The van der Waals surface area contributed by atoms with Gasteiger partial charge in [-0.2, -0.15) is 0 Å². The lowest BCUT2D eigenvalue weighted by atomic mass is 9.97. The molecular formula is C31H29N5O. The minimum Gasteiger partial charge on any atom is -0.374 e. The topological polar surface area (TPSA) is 79.5 Å². The maximum Gasteiger partial charge on any atom is 0.0825 e. The summed E-state index contributed by atoms with van der Waals surface area (Å²) in [6, 6.07) is 22.5. The first-order valence-corrected chi connectivity index (χ1v) is 12.8. The fourth-order valence-corrected chi connectivity index (χ4v) is 4.77. The van der Waals surface area contributed by atoms with Crippen LogP contribution in [-0.4, -0.2) is 37.6 Å². The van der Waals surface area contributed by atoms with E-state index in [1.165, 1.54) is 0 Å². The summed E-state index contributed by atoms with van der Waals surface area (Å²) in [5.74, 6) is 0. The number of fused-ring (bicyclic) bond motifs is 8. The highest BCUT2D eigenvalue weighted by atomic mass is 16.5. The summed E-state index contributed by atoms with van der Waals surface area (Å²) < 4.78 is 6.32. The van der Waals surface area contributed by atoms with Crippen LogP contribution in [-0.2, 0) is 4.74 Å². The number of nitrogens with one attached hydrogen (secondary N) is 2. The van der Waals surface area contributed by atoms with Crippen LogP contribution < -0.4 is 0 Å². The highest BCUT2D eigenvalue weighted by Crippen LogP contribution is 2.37. The summed E-state index contributed by atoms with van der Waals surface area (Å²) >= 11 is 0. The van der Waals surface area contributed by atoms with E-state index in [2.05, 4.69) is 72.3 Å². The molecule has 6 nitrogen and oxygen atoms in total. The van der Waals surface area contributed by atoms with Gasteiger partial charge in [0.1, 0.15) is 0 Å². The Morgan fingerprint density at radius 3 is 2.16 bits per heavy atom. The Kier molecular flexibility index (Phi) is 6.25. The van der Waals surface area contributed by atoms with Crippen LogP contribution >= 0.6 is 0 Å². The summed E-state index contributed by atoms with van der Waals surface area (Å²) in [5.41, 5.74) is 10.4. The van der Waals surface area contributed by atoms with Crippen LogP contribution in [0, 0.1) is 0 Å². The van der Waals surface area contributed by atoms with Crippen LogP contribution in [0.15, 0.2) is 72.9 Å². The second kappa shape index (κ2) is 9.99. The minimum absolute atomic E-state index is 0.155. The molecule has 0 saturated heterocycles. The van der Waals surface area contributed by atoms with E-state index in [9.17, 15) is 0 Å². The van der Waals surface area contributed by atoms with Crippen LogP contribution in [0.5, 0.6) is 0 Å². The van der Waals surface area contributed by atoms with Crippen molar-refractivity contribution in [2.45, 2.75) is 32.8 Å². The SMILES string of the molecule is CCCCOC(C)C1=C(c2ccccn2)c2cc3ccc(cc4ccc(cc5nc(cc1n2)C=C5)[nH]4)[nH]3. The molecule has 37 heavy (non-hydrogen) atoms. The number of ether oxygens (including phenoxy) is 1. The van der Waals surface area contributed by atoms with Crippen LogP contribution in [0.1, 0.15) is 55.2 Å². The molecule has 0 aromatic carbocycles. The van der Waals surface area contributed by atoms with Gasteiger partial charge in [-0.1, -0.05) is 19.4 Å². The van der Waals surface area contributed by atoms with Gasteiger partial charge in [-0.3, -0.25) is 4.98 Å². The van der Waals surface area contributed by atoms with Gasteiger partial charge < -0.3 is 14.7 Å². The van der Waals surface area contributed by atoms with Crippen molar-refractivity contribution in [1.29, 1.82) is 0 Å². The summed E-state index contributed by atoms with van der Waals surface area (Å²) in [4.78, 5) is 21.6. The molecule has 184 valence electrons. The largest absolute Gasteiger partial charge is 0.374 e. The number of aromatic amines is 2. The Bertz CT molecular complexity index is 1660. The van der Waals surface area contributed by atoms with Gasteiger partial charge >= 0.3 is 0 Å². The number of unbranched alkanes of at least 4 members (excludes halogenated alkanes) is 1. The maximum atomic E-state index is 6.32. The van der Waals surface area contributed by atoms with Crippen LogP contribution in [0.2, 0.25) is 0 Å². The third-order valence-electron chi connectivity index (χ3n) is 6.57. The molecule has 6 heteroatoms. The molecule has 0 radical (unpaired) electrons. The van der Waals surface area contributed by atoms with Gasteiger partial charge in [0, 0.05) is 46.0 Å². The van der Waals surface area contributed by atoms with Crippen molar-refractivity contribution in [3.8, 4) is 0 Å². The summed E-state index contributed by atoms with van der Waals surface area (Å²) in [7, 11) is 0. The van der Waals surface area contributed by atoms with Crippen LogP contribution in [0.3, 0.4) is 0 Å². The van der Waals surface area contributed by atoms with E-state index < -0.39 is 0 Å². The van der Waals surface area contributed by atoms with Crippen molar-refractivity contribution >= 4 is 45.4 Å². The number of H-pyrrole nitrogens is 2. The Morgan fingerprint density at radius 1 is 0.757 bits per heavy atom. The molecule has 2 aliphatic rings. The van der Waals surface area contributed by atoms with Crippen LogP contribution in [0.25, 0.3) is 45.4 Å². The van der Waals surface area contributed by atoms with E-state index in [4.69, 9.17) is 19.7 Å². The Morgan fingerprint density at radius 2 is 1.46 bits per heavy atom. The molecule has 8 bridgehead atoms. The number of hydrogen-bond acceptors (Lipinski definition) is 4. The standard InChI is InChI=1S/C31H29N5O/c1-3-4-15-37-20(2)30-28-18-25-12-10-23(34-25)16-21-8-9-22(33-21)17-24-11-13-26(35-24)19-29(36-28)31(30)27-7-5-6-14-32-27/h5-14,16-20,33,35H,3-4,15H2,1-2H3. The van der Waals surface area contributed by atoms with Crippen molar-refractivity contribution < 1.29 is 4.74 Å². The van der Waals surface area contributed by atoms with Crippen molar-refractivity contribution in [2.75, 3.05) is 6.61 Å². The number of pyridine rings is 1. The first-order chi connectivity index (χ1) is 18.2. The third-order valence-corrected chi connectivity index (χ3v) is 6.57. The van der Waals surface area contributed by atoms with Crippen LogP contribution in [0.4, 0.5) is 0 Å². The maximum absolute atomic E-state index is 6.32. The zero-order valence-corrected chi connectivity index (χ0v) is 21.0. The highest BCUT2D eigenvalue weighted by molar-refractivity contribution is 6.00. The normalized spacial score (nSPS) is 13.8. The molecule has 6 heterocycles. The zero-order chi connectivity index (χ0) is 25.2. The quantitative estimate of drug-likeness (QED) is 0.252. The van der Waals surface area contributed by atoms with Gasteiger partial charge in [0.15, 0.2) is 0 Å². The molecule has 0 saturated carbocycles. The molecular weight excluding hydrogens is 458 g/mol. The molecule has 1 atom stereocenters. The second-order valence-electron chi connectivity index (χ2n) is 9.36. The van der Waals surface area contributed by atoms with Crippen molar-refractivity contribution in [3.63, 3.8) is 0 Å². The molecule has 0 spiro atoms. The average Bonchev–Trinajstić information content (AvgIpc) is 3.69. The average molecular weight is 488 g/mol. The van der Waals surface area contributed by atoms with Gasteiger partial charge in [0.25, 0.3) is 0 Å². The summed E-state index contributed by atoms with van der Waals surface area (Å²) in [6.07, 6.45) is 7.83. The van der Waals surface area contributed by atoms with E-state index >= 15 is 0 Å². The minimum atomic E-state index is -0.155. The first-order valence-electron chi connectivity index (χ1n) is 12.8. The molecule has 0 fully saturated rings. The lowest BCUT2D eigenvalue weighted by Gasteiger charge is -2.17. The molecule has 0 amide bonds. The summed E-state index contributed by atoms with van der Waals surface area (Å²) in [5, 5.41) is 0. The lowest BCUT2D eigenvalue weighted by Crippen LogP contribution is -2.12. The Hall–Kier alpha value is -4.29. The van der Waals surface area contributed by atoms with Gasteiger partial charge in [-0.05, 0) is 86.2 Å². The third kappa shape index (κ3) is 4.88. The first kappa shape index (κ1) is 23.1. The number of rotatable bonds is 6. The summed E-state index contributed by atoms with van der Waals surface area (Å²) in [6.45, 7) is 4.97. The molecule has 1 unspecified atom stereocenters. The molecule has 6 rings (SSSR count). The van der Waals surface area contributed by atoms with E-state index in [-0.39, 0.29) is 6.10 Å². The Balaban J connectivity index is 1.64. The van der Waals surface area contributed by atoms with Gasteiger partial charge in [0.05, 0.1) is 34.6 Å². The monoisotopic (exact) mass is 487 g/mol. The number of hydrogen-bond donors (Lipinski definition) is 2. The van der Waals surface area contributed by atoms with E-state index in [1.807, 2.05) is 36.5 Å². The van der Waals surface area contributed by atoms with Gasteiger partial charge in [-0.25, -0.2) is 9.97 Å². The molecule has 4 aromatic rings. The fraction of sp³-hybridized carbons (Fsp3) is 0.194.